The molecule has 0 unspecified atom stereocenters. The molecule has 0 atom stereocenters. The summed E-state index contributed by atoms with van der Waals surface area (Å²) in [6.07, 6.45) is 8.58. The van der Waals surface area contributed by atoms with E-state index in [9.17, 15) is 4.79 Å². The lowest BCUT2D eigenvalue weighted by atomic mass is 10.2. The highest BCUT2D eigenvalue weighted by atomic mass is 16.5. The van der Waals surface area contributed by atoms with Gasteiger partial charge in [0.2, 0.25) is 5.91 Å². The molecule has 1 aromatic carbocycles. The van der Waals surface area contributed by atoms with Crippen LogP contribution in [0.15, 0.2) is 49.1 Å². The first-order valence-electron chi connectivity index (χ1n) is 10.4. The molecule has 9 nitrogen and oxygen atoms in total. The second-order valence-corrected chi connectivity index (χ2v) is 7.34. The van der Waals surface area contributed by atoms with Crippen LogP contribution in [0.5, 0.6) is 11.5 Å². The van der Waals surface area contributed by atoms with Gasteiger partial charge in [0.05, 0.1) is 14.2 Å². The Kier molecular flexibility index (Phi) is 6.34. The van der Waals surface area contributed by atoms with Crippen LogP contribution < -0.4 is 14.4 Å². The van der Waals surface area contributed by atoms with E-state index in [4.69, 9.17) is 9.47 Å². The van der Waals surface area contributed by atoms with Gasteiger partial charge < -0.3 is 19.3 Å². The molecular weight excluding hydrogens is 408 g/mol. The number of piperazine rings is 1. The molecule has 0 saturated carbocycles. The largest absolute Gasteiger partial charge is 0.493 e. The normalized spacial score (nSPS) is 14.1. The van der Waals surface area contributed by atoms with Gasteiger partial charge in [-0.05, 0) is 30.7 Å². The highest BCUT2D eigenvalue weighted by Gasteiger charge is 2.21. The van der Waals surface area contributed by atoms with E-state index in [0.717, 1.165) is 23.0 Å². The highest BCUT2D eigenvalue weighted by molar-refractivity contribution is 5.92. The molecule has 2 aromatic heterocycles. The molecule has 0 radical (unpaired) electrons. The lowest BCUT2D eigenvalue weighted by Crippen LogP contribution is -2.48. The van der Waals surface area contributed by atoms with Crippen LogP contribution in [0.25, 0.3) is 11.9 Å². The van der Waals surface area contributed by atoms with Crippen molar-refractivity contribution in [1.82, 2.24) is 24.4 Å². The maximum absolute atomic E-state index is 12.7. The van der Waals surface area contributed by atoms with Crippen LogP contribution in [0, 0.1) is 6.92 Å². The monoisotopic (exact) mass is 434 g/mol. The SMILES string of the molecule is COc1ccc(/C=C/C(=O)N2CCN(c3cc(-n4ccnc4C)ncn3)CC2)cc1OC. The third-order valence-electron chi connectivity index (χ3n) is 5.45. The van der Waals surface area contributed by atoms with E-state index in [1.54, 1.807) is 38.9 Å². The number of ether oxygens (including phenoxy) is 2. The molecule has 9 heteroatoms. The summed E-state index contributed by atoms with van der Waals surface area (Å²) in [5.74, 6) is 3.76. The van der Waals surface area contributed by atoms with E-state index in [0.29, 0.717) is 37.7 Å². The Morgan fingerprint density at radius 1 is 0.969 bits per heavy atom. The number of imidazole rings is 1. The number of amides is 1. The van der Waals surface area contributed by atoms with E-state index in [1.807, 2.05) is 46.9 Å². The lowest BCUT2D eigenvalue weighted by Gasteiger charge is -2.35. The number of methoxy groups -OCH3 is 2. The van der Waals surface area contributed by atoms with Gasteiger partial charge >= 0.3 is 0 Å². The fourth-order valence-electron chi connectivity index (χ4n) is 3.65. The Morgan fingerprint density at radius 3 is 2.41 bits per heavy atom. The van der Waals surface area contributed by atoms with Crippen LogP contribution in [0.2, 0.25) is 0 Å². The van der Waals surface area contributed by atoms with Gasteiger partial charge in [-0.3, -0.25) is 9.36 Å². The van der Waals surface area contributed by atoms with Gasteiger partial charge in [-0.25, -0.2) is 15.0 Å². The minimum absolute atomic E-state index is 0.0168. The Morgan fingerprint density at radius 2 is 1.72 bits per heavy atom. The van der Waals surface area contributed by atoms with Crippen molar-refractivity contribution in [1.29, 1.82) is 0 Å². The molecule has 1 aliphatic heterocycles. The van der Waals surface area contributed by atoms with E-state index in [-0.39, 0.29) is 5.91 Å². The molecule has 1 saturated heterocycles. The zero-order valence-electron chi connectivity index (χ0n) is 18.4. The van der Waals surface area contributed by atoms with Crippen LogP contribution >= 0.6 is 0 Å². The van der Waals surface area contributed by atoms with Crippen molar-refractivity contribution < 1.29 is 14.3 Å². The predicted octanol–water partition coefficient (Wildman–Crippen LogP) is 2.35. The fraction of sp³-hybridized carbons (Fsp3) is 0.304. The quantitative estimate of drug-likeness (QED) is 0.551. The van der Waals surface area contributed by atoms with Crippen LogP contribution in [-0.4, -0.2) is 70.7 Å². The maximum atomic E-state index is 12.7. The van der Waals surface area contributed by atoms with Gasteiger partial charge in [0, 0.05) is 50.7 Å². The number of hydrogen-bond acceptors (Lipinski definition) is 7. The van der Waals surface area contributed by atoms with Gasteiger partial charge in [-0.15, -0.1) is 0 Å². The van der Waals surface area contributed by atoms with Crippen LogP contribution in [0.3, 0.4) is 0 Å². The summed E-state index contributed by atoms with van der Waals surface area (Å²) in [7, 11) is 3.19. The van der Waals surface area contributed by atoms with Gasteiger partial charge in [-0.2, -0.15) is 0 Å². The Hall–Kier alpha value is -3.88. The van der Waals surface area contributed by atoms with Crippen molar-refractivity contribution in [3.05, 3.63) is 60.5 Å². The molecule has 3 heterocycles. The number of carbonyl (C=O) groups excluding carboxylic acids is 1. The lowest BCUT2D eigenvalue weighted by molar-refractivity contribution is -0.126. The molecular formula is C23H26N6O3. The van der Waals surface area contributed by atoms with Crippen molar-refractivity contribution in [2.45, 2.75) is 6.92 Å². The van der Waals surface area contributed by atoms with Crippen molar-refractivity contribution >= 4 is 17.8 Å². The fourth-order valence-corrected chi connectivity index (χ4v) is 3.65. The van der Waals surface area contributed by atoms with Gasteiger partial charge in [-0.1, -0.05) is 6.07 Å². The molecule has 0 spiro atoms. The summed E-state index contributed by atoms with van der Waals surface area (Å²) in [5.41, 5.74) is 0.873. The minimum atomic E-state index is -0.0168. The third kappa shape index (κ3) is 4.56. The average Bonchev–Trinajstić information content (AvgIpc) is 3.28. The summed E-state index contributed by atoms with van der Waals surface area (Å²) in [6, 6.07) is 7.50. The van der Waals surface area contributed by atoms with Crippen LogP contribution in [0.1, 0.15) is 11.4 Å². The Labute approximate surface area is 186 Å². The Balaban J connectivity index is 1.37. The Bertz CT molecular complexity index is 1120. The maximum Gasteiger partial charge on any atom is 0.246 e. The number of aryl methyl sites for hydroxylation is 1. The van der Waals surface area contributed by atoms with Crippen molar-refractivity contribution in [3.63, 3.8) is 0 Å². The van der Waals surface area contributed by atoms with Gasteiger partial charge in [0.15, 0.2) is 11.5 Å². The molecule has 4 rings (SSSR count). The minimum Gasteiger partial charge on any atom is -0.493 e. The van der Waals surface area contributed by atoms with Gasteiger partial charge in [0.25, 0.3) is 0 Å². The van der Waals surface area contributed by atoms with Crippen molar-refractivity contribution in [2.24, 2.45) is 0 Å². The number of carbonyl (C=O) groups is 1. The standard InChI is InChI=1S/C23H26N6O3/c1-17-24-8-9-29(17)22-15-21(25-16-26-22)27-10-12-28(13-11-27)23(30)7-5-18-4-6-19(31-2)20(14-18)32-3/h4-9,14-16H,10-13H2,1-3H3/b7-5+. The second kappa shape index (κ2) is 9.51. The first kappa shape index (κ1) is 21.4. The molecule has 166 valence electrons. The molecule has 32 heavy (non-hydrogen) atoms. The predicted molar refractivity (Wildman–Crippen MR) is 121 cm³/mol. The number of rotatable bonds is 6. The van der Waals surface area contributed by atoms with Crippen LogP contribution in [-0.2, 0) is 4.79 Å². The van der Waals surface area contributed by atoms with Gasteiger partial charge in [0.1, 0.15) is 23.8 Å². The smallest absolute Gasteiger partial charge is 0.246 e. The number of nitrogens with zero attached hydrogens (tertiary/aromatic N) is 6. The molecule has 0 N–H and O–H groups in total. The number of benzene rings is 1. The van der Waals surface area contributed by atoms with E-state index < -0.39 is 0 Å². The molecule has 1 amide bonds. The van der Waals surface area contributed by atoms with Crippen molar-refractivity contribution in [2.75, 3.05) is 45.3 Å². The summed E-state index contributed by atoms with van der Waals surface area (Å²) in [6.45, 7) is 4.59. The summed E-state index contributed by atoms with van der Waals surface area (Å²) in [4.78, 5) is 29.7. The van der Waals surface area contributed by atoms with Crippen molar-refractivity contribution in [3.8, 4) is 17.3 Å². The summed E-state index contributed by atoms with van der Waals surface area (Å²) in [5, 5.41) is 0. The van der Waals surface area contributed by atoms with E-state index in [2.05, 4.69) is 19.9 Å². The molecule has 1 fully saturated rings. The number of hydrogen-bond donors (Lipinski definition) is 0. The van der Waals surface area contributed by atoms with E-state index >= 15 is 0 Å². The average molecular weight is 435 g/mol. The third-order valence-corrected chi connectivity index (χ3v) is 5.45. The first-order chi connectivity index (χ1) is 15.6. The zero-order chi connectivity index (χ0) is 22.5. The highest BCUT2D eigenvalue weighted by Crippen LogP contribution is 2.28. The second-order valence-electron chi connectivity index (χ2n) is 7.34. The topological polar surface area (TPSA) is 85.6 Å². The molecule has 0 bridgehead atoms. The molecule has 1 aliphatic rings. The zero-order valence-corrected chi connectivity index (χ0v) is 18.4. The van der Waals surface area contributed by atoms with Crippen LogP contribution in [0.4, 0.5) is 5.82 Å². The number of aromatic nitrogens is 4. The molecule has 3 aromatic rings. The summed E-state index contributed by atoms with van der Waals surface area (Å²) < 4.78 is 12.5. The molecule has 0 aliphatic carbocycles. The first-order valence-corrected chi connectivity index (χ1v) is 10.4. The van der Waals surface area contributed by atoms with E-state index in [1.165, 1.54) is 0 Å². The summed E-state index contributed by atoms with van der Waals surface area (Å²) >= 11 is 0. The number of anilines is 1.